The maximum atomic E-state index is 11.9. The van der Waals surface area contributed by atoms with Gasteiger partial charge in [-0.25, -0.2) is 4.79 Å². The van der Waals surface area contributed by atoms with Crippen LogP contribution in [-0.2, 0) is 17.6 Å². The van der Waals surface area contributed by atoms with Gasteiger partial charge in [-0.05, 0) is 49.3 Å². The van der Waals surface area contributed by atoms with Crippen molar-refractivity contribution in [2.75, 3.05) is 13.6 Å². The molecule has 2 N–H and O–H groups in total. The number of carboxylic acids is 1. The molecule has 114 valence electrons. The van der Waals surface area contributed by atoms with Crippen LogP contribution in [0.3, 0.4) is 0 Å². The van der Waals surface area contributed by atoms with E-state index in [1.54, 1.807) is 0 Å². The van der Waals surface area contributed by atoms with Crippen molar-refractivity contribution in [3.63, 3.8) is 0 Å². The predicted molar refractivity (Wildman–Crippen MR) is 80.3 cm³/mol. The van der Waals surface area contributed by atoms with E-state index >= 15 is 0 Å². The molecule has 21 heavy (non-hydrogen) atoms. The first kappa shape index (κ1) is 15.4. The fraction of sp³-hybridized carbons (Fsp3) is 0.500. The van der Waals surface area contributed by atoms with E-state index in [0.29, 0.717) is 0 Å². The highest BCUT2D eigenvalue weighted by Crippen LogP contribution is 2.24. The van der Waals surface area contributed by atoms with Crippen molar-refractivity contribution < 1.29 is 14.7 Å². The topological polar surface area (TPSA) is 69.6 Å². The highest BCUT2D eigenvalue weighted by Gasteiger charge is 2.17. The zero-order valence-corrected chi connectivity index (χ0v) is 12.6. The first-order valence-electron chi connectivity index (χ1n) is 7.32. The first-order valence-corrected chi connectivity index (χ1v) is 7.32. The van der Waals surface area contributed by atoms with Gasteiger partial charge in [0, 0.05) is 7.05 Å². The molecule has 0 saturated carbocycles. The maximum Gasteiger partial charge on any atom is 0.323 e. The minimum atomic E-state index is -1.02. The standard InChI is InChI=1S/C16H22N2O3/c1-11(17-16(21)18(2)10-15(19)20)13-8-7-12-5-3-4-6-14(12)9-13/h7-9,11H,3-6,10H2,1-2H3,(H,17,21)(H,19,20)/t11-/m0/s1. The lowest BCUT2D eigenvalue weighted by molar-refractivity contribution is -0.137. The minimum Gasteiger partial charge on any atom is -0.480 e. The van der Waals surface area contributed by atoms with E-state index < -0.39 is 5.97 Å². The molecule has 0 bridgehead atoms. The van der Waals surface area contributed by atoms with Crippen LogP contribution in [0.4, 0.5) is 4.79 Å². The Hall–Kier alpha value is -2.04. The lowest BCUT2D eigenvalue weighted by Crippen LogP contribution is -2.41. The van der Waals surface area contributed by atoms with Gasteiger partial charge in [-0.15, -0.1) is 0 Å². The Morgan fingerprint density at radius 2 is 1.95 bits per heavy atom. The quantitative estimate of drug-likeness (QED) is 0.894. The molecule has 1 aliphatic carbocycles. The lowest BCUT2D eigenvalue weighted by Gasteiger charge is -2.22. The molecular formula is C16H22N2O3. The van der Waals surface area contributed by atoms with E-state index in [-0.39, 0.29) is 18.6 Å². The van der Waals surface area contributed by atoms with E-state index in [1.165, 1.54) is 31.0 Å². The Morgan fingerprint density at radius 1 is 1.29 bits per heavy atom. The van der Waals surface area contributed by atoms with Crippen LogP contribution in [0.15, 0.2) is 18.2 Å². The number of carbonyl (C=O) groups is 2. The summed E-state index contributed by atoms with van der Waals surface area (Å²) in [6.07, 6.45) is 4.71. The maximum absolute atomic E-state index is 11.9. The summed E-state index contributed by atoms with van der Waals surface area (Å²) in [5.41, 5.74) is 3.85. The van der Waals surface area contributed by atoms with Gasteiger partial charge in [0.1, 0.15) is 6.54 Å². The second-order valence-corrected chi connectivity index (χ2v) is 5.66. The summed E-state index contributed by atoms with van der Waals surface area (Å²) < 4.78 is 0. The van der Waals surface area contributed by atoms with Crippen LogP contribution in [0.1, 0.15) is 42.5 Å². The van der Waals surface area contributed by atoms with E-state index in [2.05, 4.69) is 17.4 Å². The van der Waals surface area contributed by atoms with Gasteiger partial charge < -0.3 is 15.3 Å². The molecule has 1 aliphatic rings. The number of urea groups is 1. The van der Waals surface area contributed by atoms with Crippen LogP contribution in [0.2, 0.25) is 0 Å². The van der Waals surface area contributed by atoms with Gasteiger partial charge in [0.05, 0.1) is 6.04 Å². The van der Waals surface area contributed by atoms with Crippen LogP contribution in [0.25, 0.3) is 0 Å². The fourth-order valence-electron chi connectivity index (χ4n) is 2.68. The Balaban J connectivity index is 2.01. The lowest BCUT2D eigenvalue weighted by atomic mass is 9.89. The Labute approximate surface area is 125 Å². The molecule has 0 fully saturated rings. The molecule has 0 spiro atoms. The predicted octanol–water partition coefficient (Wildman–Crippen LogP) is 2.35. The van der Waals surface area contributed by atoms with Crippen molar-refractivity contribution in [2.24, 2.45) is 0 Å². The van der Waals surface area contributed by atoms with E-state index in [0.717, 1.165) is 23.3 Å². The number of hydrogen-bond acceptors (Lipinski definition) is 2. The Morgan fingerprint density at radius 3 is 2.62 bits per heavy atom. The number of fused-ring (bicyclic) bond motifs is 1. The van der Waals surface area contributed by atoms with Crippen molar-refractivity contribution in [1.82, 2.24) is 10.2 Å². The van der Waals surface area contributed by atoms with Gasteiger partial charge >= 0.3 is 12.0 Å². The number of amides is 2. The highest BCUT2D eigenvalue weighted by atomic mass is 16.4. The molecule has 5 heteroatoms. The highest BCUT2D eigenvalue weighted by molar-refractivity contribution is 5.80. The van der Waals surface area contributed by atoms with E-state index in [1.807, 2.05) is 13.0 Å². The monoisotopic (exact) mass is 290 g/mol. The second kappa shape index (κ2) is 6.61. The van der Waals surface area contributed by atoms with Crippen LogP contribution >= 0.6 is 0 Å². The first-order chi connectivity index (χ1) is 9.97. The van der Waals surface area contributed by atoms with E-state index in [4.69, 9.17) is 5.11 Å². The molecule has 0 saturated heterocycles. The smallest absolute Gasteiger partial charge is 0.323 e. The Kier molecular flexibility index (Phi) is 4.83. The van der Waals surface area contributed by atoms with E-state index in [9.17, 15) is 9.59 Å². The van der Waals surface area contributed by atoms with Crippen LogP contribution in [0, 0.1) is 0 Å². The third-order valence-electron chi connectivity index (χ3n) is 3.93. The van der Waals surface area contributed by atoms with Crippen molar-refractivity contribution in [2.45, 2.75) is 38.6 Å². The number of aliphatic carboxylic acids is 1. The number of nitrogens with zero attached hydrogens (tertiary/aromatic N) is 1. The summed E-state index contributed by atoms with van der Waals surface area (Å²) in [6.45, 7) is 1.61. The van der Waals surface area contributed by atoms with Crippen molar-refractivity contribution in [3.8, 4) is 0 Å². The largest absolute Gasteiger partial charge is 0.480 e. The molecule has 0 aliphatic heterocycles. The average Bonchev–Trinajstić information content (AvgIpc) is 2.45. The number of nitrogens with one attached hydrogen (secondary N) is 1. The number of carbonyl (C=O) groups excluding carboxylic acids is 1. The fourth-order valence-corrected chi connectivity index (χ4v) is 2.68. The molecule has 0 unspecified atom stereocenters. The molecule has 5 nitrogen and oxygen atoms in total. The molecule has 0 radical (unpaired) electrons. The molecule has 1 atom stereocenters. The molecule has 0 aromatic heterocycles. The zero-order valence-electron chi connectivity index (χ0n) is 12.6. The van der Waals surface area contributed by atoms with Gasteiger partial charge in [0.15, 0.2) is 0 Å². The summed E-state index contributed by atoms with van der Waals surface area (Å²) in [4.78, 5) is 23.7. The van der Waals surface area contributed by atoms with Gasteiger partial charge in [-0.2, -0.15) is 0 Å². The average molecular weight is 290 g/mol. The van der Waals surface area contributed by atoms with Gasteiger partial charge in [-0.3, -0.25) is 4.79 Å². The molecule has 1 aromatic carbocycles. The summed E-state index contributed by atoms with van der Waals surface area (Å²) in [7, 11) is 1.48. The minimum absolute atomic E-state index is 0.138. The Bertz CT molecular complexity index is 542. The number of carboxylic acid groups (broad SMARTS) is 1. The molecule has 2 amide bonds. The molecule has 1 aromatic rings. The molecule has 2 rings (SSSR count). The van der Waals surface area contributed by atoms with Crippen molar-refractivity contribution >= 4 is 12.0 Å². The second-order valence-electron chi connectivity index (χ2n) is 5.66. The van der Waals surface area contributed by atoms with Crippen LogP contribution in [0.5, 0.6) is 0 Å². The summed E-state index contributed by atoms with van der Waals surface area (Å²) in [5.74, 6) is -1.02. The summed E-state index contributed by atoms with van der Waals surface area (Å²) in [5, 5.41) is 11.5. The zero-order chi connectivity index (χ0) is 15.4. The third-order valence-corrected chi connectivity index (χ3v) is 3.93. The SMILES string of the molecule is C[C@H](NC(=O)N(C)CC(=O)O)c1ccc2c(c1)CCCC2. The third kappa shape index (κ3) is 3.97. The van der Waals surface area contributed by atoms with Crippen molar-refractivity contribution in [3.05, 3.63) is 34.9 Å². The number of likely N-dealkylation sites (N-methyl/N-ethyl adjacent to an activating group) is 1. The molecular weight excluding hydrogens is 268 g/mol. The summed E-state index contributed by atoms with van der Waals surface area (Å²) >= 11 is 0. The number of rotatable bonds is 4. The summed E-state index contributed by atoms with van der Waals surface area (Å²) in [6, 6.07) is 5.85. The van der Waals surface area contributed by atoms with Gasteiger partial charge in [0.25, 0.3) is 0 Å². The normalized spacial score (nSPS) is 15.0. The number of benzene rings is 1. The van der Waals surface area contributed by atoms with Crippen molar-refractivity contribution in [1.29, 1.82) is 0 Å². The van der Waals surface area contributed by atoms with Gasteiger partial charge in [0.2, 0.25) is 0 Å². The van der Waals surface area contributed by atoms with Crippen LogP contribution < -0.4 is 5.32 Å². The van der Waals surface area contributed by atoms with Crippen LogP contribution in [-0.4, -0.2) is 35.6 Å². The number of hydrogen-bond donors (Lipinski definition) is 2. The molecule has 0 heterocycles. The number of aryl methyl sites for hydroxylation is 2. The van der Waals surface area contributed by atoms with Gasteiger partial charge in [-0.1, -0.05) is 18.2 Å².